The van der Waals surface area contributed by atoms with E-state index in [9.17, 15) is 9.59 Å². The van der Waals surface area contributed by atoms with Gasteiger partial charge in [-0.3, -0.25) is 33.7 Å². The average molecular weight is 1140 g/mol. The summed E-state index contributed by atoms with van der Waals surface area (Å²) in [6, 6.07) is 43.0. The smallest absolute Gasteiger partial charge is 0.334 e. The van der Waals surface area contributed by atoms with Gasteiger partial charge in [0.25, 0.3) is 11.8 Å². The van der Waals surface area contributed by atoms with Crippen LogP contribution in [-0.2, 0) is 85.0 Å². The average Bonchev–Trinajstić information content (AvgIpc) is 3.50. The Balaban J connectivity index is 1.11. The van der Waals surface area contributed by atoms with Crippen LogP contribution >= 0.6 is 59.7 Å². The van der Waals surface area contributed by atoms with Crippen LogP contribution in [0.15, 0.2) is 167 Å². The van der Waals surface area contributed by atoms with Gasteiger partial charge in [0.2, 0.25) is 10.8 Å². The largest absolute Gasteiger partial charge is 0.459 e. The highest BCUT2D eigenvalue weighted by Gasteiger charge is 2.60. The van der Waals surface area contributed by atoms with E-state index in [4.69, 9.17) is 41.2 Å². The summed E-state index contributed by atoms with van der Waals surface area (Å²) in [6.07, 6.45) is 3.20. The zero-order valence-corrected chi connectivity index (χ0v) is 46.4. The van der Waals surface area contributed by atoms with Crippen LogP contribution in [0, 0.1) is 0 Å². The van der Waals surface area contributed by atoms with Crippen LogP contribution in [-0.4, -0.2) is 77.7 Å². The molecule has 7 aromatic rings. The Kier molecular flexibility index (Phi) is 15.0. The van der Waals surface area contributed by atoms with Crippen molar-refractivity contribution in [3.63, 3.8) is 0 Å². The molecule has 0 spiro atoms. The van der Waals surface area contributed by atoms with E-state index in [0.29, 0.717) is 60.1 Å². The molecule has 1 atom stereocenters. The summed E-state index contributed by atoms with van der Waals surface area (Å²) in [6.45, 7) is 3.32. The van der Waals surface area contributed by atoms with Crippen molar-refractivity contribution < 1.29 is 47.7 Å². The zero-order chi connectivity index (χ0) is 55.0. The molecule has 14 nitrogen and oxygen atoms in total. The SMILES string of the molecule is CCN1C(=O)C(=NC2=Cc3cc4sc5cc6c(cc5c4cc3C2(C(=O)OCc2ccccc2)C(=O)OCc2ccccc2)C(C(=O)OCc2ccccc2)(C(=O)OCc2ccccc2)C(N=C2SC(S)N(CC)C2=O)=C6)SC1=S. The molecule has 2 amide bonds. The summed E-state index contributed by atoms with van der Waals surface area (Å²) in [5, 5.41) is 1.01. The minimum atomic E-state index is -2.41. The molecule has 2 aliphatic carbocycles. The van der Waals surface area contributed by atoms with Gasteiger partial charge in [0.1, 0.15) is 35.5 Å². The van der Waals surface area contributed by atoms with Crippen molar-refractivity contribution in [2.45, 2.75) is 55.8 Å². The molecule has 1 aromatic heterocycles. The van der Waals surface area contributed by atoms with Crippen molar-refractivity contribution in [1.29, 1.82) is 0 Å². The van der Waals surface area contributed by atoms with Crippen LogP contribution in [0.5, 0.6) is 0 Å². The number of thiol groups is 1. The molecule has 2 saturated heterocycles. The van der Waals surface area contributed by atoms with Gasteiger partial charge in [-0.1, -0.05) is 145 Å². The monoisotopic (exact) mass is 1140 g/mol. The highest BCUT2D eigenvalue weighted by atomic mass is 32.2. The highest BCUT2D eigenvalue weighted by molar-refractivity contribution is 8.35. The van der Waals surface area contributed by atoms with Crippen molar-refractivity contribution in [2.24, 2.45) is 9.98 Å². The van der Waals surface area contributed by atoms with Crippen molar-refractivity contribution in [3.8, 4) is 0 Å². The summed E-state index contributed by atoms with van der Waals surface area (Å²) in [5.74, 6) is -4.93. The fourth-order valence-corrected chi connectivity index (χ4v) is 13.9. The van der Waals surface area contributed by atoms with Crippen molar-refractivity contribution in [1.82, 2.24) is 9.80 Å². The number of nitrogens with zero attached hydrogens (tertiary/aromatic N) is 4. The van der Waals surface area contributed by atoms with E-state index in [1.165, 1.54) is 21.1 Å². The molecule has 0 saturated carbocycles. The molecule has 2 aliphatic heterocycles. The molecule has 2 fully saturated rings. The van der Waals surface area contributed by atoms with Crippen LogP contribution < -0.4 is 0 Å². The second kappa shape index (κ2) is 22.2. The molecule has 0 radical (unpaired) electrons. The predicted molar refractivity (Wildman–Crippen MR) is 314 cm³/mol. The first-order valence-electron chi connectivity index (χ1n) is 25.1. The molecule has 0 N–H and O–H groups in total. The van der Waals surface area contributed by atoms with Gasteiger partial charge in [0, 0.05) is 33.3 Å². The van der Waals surface area contributed by atoms with Crippen molar-refractivity contribution in [3.05, 3.63) is 201 Å². The van der Waals surface area contributed by atoms with Gasteiger partial charge in [-0.25, -0.2) is 9.98 Å². The maximum atomic E-state index is 15.4. The van der Waals surface area contributed by atoms with Crippen molar-refractivity contribution >= 4 is 142 Å². The topological polar surface area (TPSA) is 171 Å². The Bertz CT molecular complexity index is 3680. The third-order valence-electron chi connectivity index (χ3n) is 13.9. The molecule has 396 valence electrons. The number of aliphatic imine (C=N–C) groups is 2. The standard InChI is InChI=1S/C60H46N4O10S5/c1-3-63-51(65)49(78-57(63)75)61-47-27-39-25-45-41(29-43(39)59(47,53(67)71-31-35-17-9-5-10-18-35)54(68)72-32-36-19-11-6-12-20-36)42-30-44-40(26-46(42)77-45)28-48(62-50-52(66)64(4-2)58(76)79-50)60(44,55(69)73-33-37-21-13-7-14-22-37)56(70)74-34-38-23-15-8-16-24-38/h5-30,57,75H,3-4,31-34H2,1-2H3. The number of ether oxygens (including phenoxy) is 4. The number of fused-ring (bicyclic) bond motifs is 5. The van der Waals surface area contributed by atoms with E-state index < -0.39 is 51.2 Å². The minimum Gasteiger partial charge on any atom is -0.459 e. The van der Waals surface area contributed by atoms with Gasteiger partial charge in [-0.15, -0.1) is 24.0 Å². The molecular weight excluding hydrogens is 1100 g/mol. The summed E-state index contributed by atoms with van der Waals surface area (Å²) in [7, 11) is 0. The first-order valence-corrected chi connectivity index (χ1v) is 28.5. The Morgan fingerprint density at radius 3 is 1.28 bits per heavy atom. The number of carbonyl (C=O) groups is 6. The van der Waals surface area contributed by atoms with E-state index in [0.717, 1.165) is 23.5 Å². The molecule has 1 unspecified atom stereocenters. The number of thiocarbonyl (C=S) groups is 1. The van der Waals surface area contributed by atoms with Crippen LogP contribution in [0.2, 0.25) is 0 Å². The van der Waals surface area contributed by atoms with Crippen LogP contribution in [0.1, 0.15) is 58.4 Å². The second-order valence-corrected chi connectivity index (χ2v) is 23.2. The molecule has 79 heavy (non-hydrogen) atoms. The number of carbonyl (C=O) groups excluding carboxylic acids is 6. The molecule has 11 rings (SSSR count). The summed E-state index contributed by atoms with van der Waals surface area (Å²) >= 11 is 13.6. The molecule has 0 bridgehead atoms. The Morgan fingerprint density at radius 1 is 0.557 bits per heavy atom. The van der Waals surface area contributed by atoms with E-state index in [-0.39, 0.29) is 69.9 Å². The fraction of sp³-hybridized carbons (Fsp3) is 0.183. The first kappa shape index (κ1) is 53.3. The quantitative estimate of drug-likeness (QED) is 0.0319. The van der Waals surface area contributed by atoms with Gasteiger partial charge in [-0.05, 0) is 107 Å². The summed E-state index contributed by atoms with van der Waals surface area (Å²) in [4.78, 5) is 102. The lowest BCUT2D eigenvalue weighted by atomic mass is 9.78. The van der Waals surface area contributed by atoms with Gasteiger partial charge in [-0.2, -0.15) is 0 Å². The van der Waals surface area contributed by atoms with E-state index >= 15 is 19.2 Å². The summed E-state index contributed by atoms with van der Waals surface area (Å²) in [5.41, 5.74) is -1.25. The van der Waals surface area contributed by atoms with Crippen LogP contribution in [0.3, 0.4) is 0 Å². The zero-order valence-electron chi connectivity index (χ0n) is 42.3. The summed E-state index contributed by atoms with van der Waals surface area (Å²) < 4.78 is 25.6. The lowest BCUT2D eigenvalue weighted by molar-refractivity contribution is -0.166. The van der Waals surface area contributed by atoms with E-state index in [1.54, 1.807) is 128 Å². The predicted octanol–water partition coefficient (Wildman–Crippen LogP) is 10.7. The highest BCUT2D eigenvalue weighted by Crippen LogP contribution is 2.53. The number of hydrogen-bond acceptors (Lipinski definition) is 17. The van der Waals surface area contributed by atoms with Gasteiger partial charge in [0.05, 0.1) is 11.4 Å². The molecule has 4 aliphatic rings. The van der Waals surface area contributed by atoms with Crippen LogP contribution in [0.4, 0.5) is 0 Å². The number of esters is 4. The lowest BCUT2D eigenvalue weighted by Crippen LogP contribution is -2.46. The third-order valence-corrected chi connectivity index (χ3v) is 17.9. The van der Waals surface area contributed by atoms with Gasteiger partial charge < -0.3 is 23.8 Å². The van der Waals surface area contributed by atoms with Gasteiger partial charge in [0.15, 0.2) is 10.1 Å². The van der Waals surface area contributed by atoms with Crippen molar-refractivity contribution in [2.75, 3.05) is 13.1 Å². The Morgan fingerprint density at radius 2 is 0.937 bits per heavy atom. The maximum absolute atomic E-state index is 15.4. The molecular formula is C60H46N4O10S5. The third kappa shape index (κ3) is 9.66. The minimum absolute atomic E-state index is 0.0169. The molecule has 6 aromatic carbocycles. The van der Waals surface area contributed by atoms with E-state index in [2.05, 4.69) is 12.6 Å². The normalized spacial score (nSPS) is 18.0. The Labute approximate surface area is 477 Å². The Hall–Kier alpha value is -7.68. The lowest BCUT2D eigenvalue weighted by Gasteiger charge is -2.28. The number of benzene rings is 6. The number of amides is 2. The maximum Gasteiger partial charge on any atom is 0.334 e. The number of hydrogen-bond donors (Lipinski definition) is 1. The van der Waals surface area contributed by atoms with E-state index in [1.807, 2.05) is 43.3 Å². The van der Waals surface area contributed by atoms with Gasteiger partial charge >= 0.3 is 23.9 Å². The number of thiophene rings is 1. The fourth-order valence-electron chi connectivity index (χ4n) is 9.91. The number of rotatable bonds is 16. The second-order valence-electron chi connectivity index (χ2n) is 18.6. The molecule has 3 heterocycles. The number of thioether (sulfide) groups is 2. The first-order chi connectivity index (χ1) is 38.3. The van der Waals surface area contributed by atoms with Crippen LogP contribution in [0.25, 0.3) is 32.3 Å². The molecule has 19 heteroatoms.